The van der Waals surface area contributed by atoms with Crippen LogP contribution in [-0.4, -0.2) is 24.9 Å². The van der Waals surface area contributed by atoms with Gasteiger partial charge in [0.25, 0.3) is 0 Å². The van der Waals surface area contributed by atoms with Crippen molar-refractivity contribution in [2.24, 2.45) is 11.8 Å². The maximum absolute atomic E-state index is 11.8. The van der Waals surface area contributed by atoms with Crippen LogP contribution in [0, 0.1) is 11.8 Å². The molecule has 7 heteroatoms. The lowest BCUT2D eigenvalue weighted by Gasteiger charge is -2.15. The SMILES string of the molecule is CC(C)C(C)CNS(=O)(=O)c1cnc(Cl)nc1. The highest BCUT2D eigenvalue weighted by Crippen LogP contribution is 2.11. The summed E-state index contributed by atoms with van der Waals surface area (Å²) in [5, 5.41) is 0.0273. The smallest absolute Gasteiger partial charge is 0.225 e. The monoisotopic (exact) mass is 277 g/mol. The van der Waals surface area contributed by atoms with E-state index in [1.54, 1.807) is 0 Å². The average molecular weight is 278 g/mol. The van der Waals surface area contributed by atoms with Crippen molar-refractivity contribution in [1.29, 1.82) is 0 Å². The highest BCUT2D eigenvalue weighted by molar-refractivity contribution is 7.89. The van der Waals surface area contributed by atoms with Crippen molar-refractivity contribution in [3.05, 3.63) is 17.7 Å². The number of halogens is 1. The minimum atomic E-state index is -3.54. The van der Waals surface area contributed by atoms with E-state index in [0.29, 0.717) is 12.5 Å². The maximum atomic E-state index is 11.8. The number of nitrogens with zero attached hydrogens (tertiary/aromatic N) is 2. The number of hydrogen-bond donors (Lipinski definition) is 1. The molecule has 1 aromatic heterocycles. The summed E-state index contributed by atoms with van der Waals surface area (Å²) < 4.78 is 26.2. The summed E-state index contributed by atoms with van der Waals surface area (Å²) in [6, 6.07) is 0. The van der Waals surface area contributed by atoms with Gasteiger partial charge >= 0.3 is 0 Å². The van der Waals surface area contributed by atoms with Crippen molar-refractivity contribution in [3.63, 3.8) is 0 Å². The minimum Gasteiger partial charge on any atom is -0.225 e. The van der Waals surface area contributed by atoms with Gasteiger partial charge < -0.3 is 0 Å². The van der Waals surface area contributed by atoms with Crippen molar-refractivity contribution in [1.82, 2.24) is 14.7 Å². The number of rotatable bonds is 5. The first kappa shape index (κ1) is 14.3. The Morgan fingerprint density at radius 2 is 1.82 bits per heavy atom. The Kier molecular flexibility index (Phi) is 4.85. The molecule has 1 aromatic rings. The fourth-order valence-electron chi connectivity index (χ4n) is 0.999. The molecule has 1 heterocycles. The van der Waals surface area contributed by atoms with Crippen molar-refractivity contribution in [2.75, 3.05) is 6.54 Å². The summed E-state index contributed by atoms with van der Waals surface area (Å²) in [6.07, 6.45) is 2.38. The molecule has 0 radical (unpaired) electrons. The summed E-state index contributed by atoms with van der Waals surface area (Å²) in [5.74, 6) is 0.678. The van der Waals surface area contributed by atoms with Gasteiger partial charge in [0.05, 0.1) is 12.4 Å². The topological polar surface area (TPSA) is 72.0 Å². The first-order valence-corrected chi connectivity index (χ1v) is 7.16. The average Bonchev–Trinajstić information content (AvgIpc) is 2.26. The van der Waals surface area contributed by atoms with E-state index in [-0.39, 0.29) is 16.1 Å². The molecule has 1 rings (SSSR count). The molecule has 5 nitrogen and oxygen atoms in total. The van der Waals surface area contributed by atoms with Gasteiger partial charge in [0.1, 0.15) is 4.90 Å². The van der Waals surface area contributed by atoms with E-state index in [1.165, 1.54) is 12.4 Å². The van der Waals surface area contributed by atoms with Gasteiger partial charge in [-0.3, -0.25) is 0 Å². The molecule has 1 unspecified atom stereocenters. The Bertz CT molecular complexity index is 459. The second kappa shape index (κ2) is 5.75. The predicted octanol–water partition coefficient (Wildman–Crippen LogP) is 1.70. The molecule has 96 valence electrons. The molecule has 0 amide bonds. The van der Waals surface area contributed by atoms with Gasteiger partial charge in [0, 0.05) is 6.54 Å². The lowest BCUT2D eigenvalue weighted by atomic mass is 9.99. The fraction of sp³-hybridized carbons (Fsp3) is 0.600. The largest absolute Gasteiger partial charge is 0.243 e. The van der Waals surface area contributed by atoms with Crippen molar-refractivity contribution in [2.45, 2.75) is 25.7 Å². The third-order valence-corrected chi connectivity index (χ3v) is 4.21. The Labute approximate surface area is 107 Å². The van der Waals surface area contributed by atoms with Gasteiger partial charge in [-0.25, -0.2) is 23.1 Å². The fourth-order valence-corrected chi connectivity index (χ4v) is 2.13. The summed E-state index contributed by atoms with van der Waals surface area (Å²) >= 11 is 5.49. The Hall–Kier alpha value is -0.720. The van der Waals surface area contributed by atoms with Gasteiger partial charge in [-0.2, -0.15) is 0 Å². The van der Waals surface area contributed by atoms with Crippen molar-refractivity contribution >= 4 is 21.6 Å². The Morgan fingerprint density at radius 1 is 1.29 bits per heavy atom. The third-order valence-electron chi connectivity index (χ3n) is 2.64. The standard InChI is InChI=1S/C10H16ClN3O2S/c1-7(2)8(3)4-14-17(15,16)9-5-12-10(11)13-6-9/h5-8,14H,4H2,1-3H3. The Balaban J connectivity index is 2.72. The molecule has 0 aliphatic heterocycles. The number of hydrogen-bond acceptors (Lipinski definition) is 4. The second-order valence-electron chi connectivity index (χ2n) is 4.26. The van der Waals surface area contributed by atoms with Gasteiger partial charge in [0.2, 0.25) is 15.3 Å². The predicted molar refractivity (Wildman–Crippen MR) is 66.2 cm³/mol. The molecule has 0 aliphatic carbocycles. The zero-order valence-electron chi connectivity index (χ0n) is 10.0. The molecule has 1 N–H and O–H groups in total. The minimum absolute atomic E-state index is 0.0258. The quantitative estimate of drug-likeness (QED) is 0.832. The molecule has 0 fully saturated rings. The first-order valence-electron chi connectivity index (χ1n) is 5.30. The molecule has 1 atom stereocenters. The summed E-state index contributed by atoms with van der Waals surface area (Å²) in [7, 11) is -3.54. The molecule has 0 spiro atoms. The van der Waals surface area contributed by atoms with Crippen LogP contribution in [0.3, 0.4) is 0 Å². The van der Waals surface area contributed by atoms with E-state index < -0.39 is 10.0 Å². The first-order chi connectivity index (χ1) is 7.83. The molecule has 0 aliphatic rings. The summed E-state index contributed by atoms with van der Waals surface area (Å²) in [4.78, 5) is 7.31. The van der Waals surface area contributed by atoms with E-state index in [2.05, 4.69) is 14.7 Å². The van der Waals surface area contributed by atoms with Gasteiger partial charge in [-0.15, -0.1) is 0 Å². The van der Waals surface area contributed by atoms with Crippen LogP contribution >= 0.6 is 11.6 Å². The third kappa shape index (κ3) is 4.22. The van der Waals surface area contributed by atoms with E-state index >= 15 is 0 Å². The van der Waals surface area contributed by atoms with Crippen LogP contribution < -0.4 is 4.72 Å². The van der Waals surface area contributed by atoms with Crippen LogP contribution in [0.15, 0.2) is 17.3 Å². The van der Waals surface area contributed by atoms with Crippen LogP contribution in [0.1, 0.15) is 20.8 Å². The zero-order valence-corrected chi connectivity index (χ0v) is 11.6. The second-order valence-corrected chi connectivity index (χ2v) is 6.37. The lowest BCUT2D eigenvalue weighted by Crippen LogP contribution is -2.30. The van der Waals surface area contributed by atoms with Crippen LogP contribution in [0.5, 0.6) is 0 Å². The molecule has 0 saturated heterocycles. The molecule has 0 bridgehead atoms. The lowest BCUT2D eigenvalue weighted by molar-refractivity contribution is 0.414. The summed E-state index contributed by atoms with van der Waals surface area (Å²) in [6.45, 7) is 6.48. The summed E-state index contributed by atoms with van der Waals surface area (Å²) in [5.41, 5.74) is 0. The highest BCUT2D eigenvalue weighted by atomic mass is 35.5. The maximum Gasteiger partial charge on any atom is 0.243 e. The van der Waals surface area contributed by atoms with E-state index in [4.69, 9.17) is 11.6 Å². The van der Waals surface area contributed by atoms with E-state index in [1.807, 2.05) is 20.8 Å². The normalized spacial score (nSPS) is 13.9. The van der Waals surface area contributed by atoms with Crippen molar-refractivity contribution < 1.29 is 8.42 Å². The molecule has 17 heavy (non-hydrogen) atoms. The molecular formula is C10H16ClN3O2S. The van der Waals surface area contributed by atoms with E-state index in [9.17, 15) is 8.42 Å². The molecule has 0 aromatic carbocycles. The van der Waals surface area contributed by atoms with Crippen LogP contribution in [0.4, 0.5) is 0 Å². The highest BCUT2D eigenvalue weighted by Gasteiger charge is 2.17. The van der Waals surface area contributed by atoms with Crippen LogP contribution in [-0.2, 0) is 10.0 Å². The van der Waals surface area contributed by atoms with Crippen LogP contribution in [0.25, 0.3) is 0 Å². The van der Waals surface area contributed by atoms with Gasteiger partial charge in [0.15, 0.2) is 0 Å². The zero-order chi connectivity index (χ0) is 13.1. The van der Waals surface area contributed by atoms with Crippen molar-refractivity contribution in [3.8, 4) is 0 Å². The number of aromatic nitrogens is 2. The van der Waals surface area contributed by atoms with Gasteiger partial charge in [-0.05, 0) is 23.4 Å². The van der Waals surface area contributed by atoms with E-state index in [0.717, 1.165) is 0 Å². The number of nitrogens with one attached hydrogen (secondary N) is 1. The number of sulfonamides is 1. The molecule has 0 saturated carbocycles. The molecular weight excluding hydrogens is 262 g/mol. The van der Waals surface area contributed by atoms with Gasteiger partial charge in [-0.1, -0.05) is 20.8 Å². The van der Waals surface area contributed by atoms with Crippen LogP contribution in [0.2, 0.25) is 5.28 Å². The Morgan fingerprint density at radius 3 is 2.29 bits per heavy atom.